The quantitative estimate of drug-likeness (QED) is 0.863. The Kier molecular flexibility index (Phi) is 5.77. The third-order valence-electron chi connectivity index (χ3n) is 5.28. The lowest BCUT2D eigenvalue weighted by atomic mass is 10.0. The molecule has 0 saturated carbocycles. The van der Waals surface area contributed by atoms with Crippen LogP contribution in [0.4, 0.5) is 0 Å². The highest BCUT2D eigenvalue weighted by Crippen LogP contribution is 2.23. The van der Waals surface area contributed by atoms with Gasteiger partial charge in [0.05, 0.1) is 23.1 Å². The third kappa shape index (κ3) is 3.83. The van der Waals surface area contributed by atoms with Gasteiger partial charge in [-0.05, 0) is 50.9 Å². The van der Waals surface area contributed by atoms with Gasteiger partial charge in [-0.2, -0.15) is 5.10 Å². The average Bonchev–Trinajstić information content (AvgIpc) is 3.26. The molecule has 0 bridgehead atoms. The number of carbonyl (C=O) groups is 1. The van der Waals surface area contributed by atoms with Crippen molar-refractivity contribution in [3.8, 4) is 5.69 Å². The van der Waals surface area contributed by atoms with Gasteiger partial charge in [-0.25, -0.2) is 4.68 Å². The summed E-state index contributed by atoms with van der Waals surface area (Å²) in [6, 6.07) is 8.69. The molecule has 1 amide bonds. The molecule has 5 heteroatoms. The molecule has 1 unspecified atom stereocenters. The number of hydrogen-bond acceptors (Lipinski definition) is 3. The molecule has 1 fully saturated rings. The predicted molar refractivity (Wildman–Crippen MR) is 105 cm³/mol. The van der Waals surface area contributed by atoms with Crippen LogP contribution < -0.4 is 5.32 Å². The number of aromatic nitrogens is 2. The summed E-state index contributed by atoms with van der Waals surface area (Å²) in [7, 11) is 0. The molecule has 1 aliphatic rings. The molecule has 1 aliphatic heterocycles. The number of likely N-dealkylation sites (N-methyl/N-ethyl adjacent to an activating group) is 1. The fourth-order valence-corrected chi connectivity index (χ4v) is 3.83. The Labute approximate surface area is 156 Å². The number of aryl methyl sites for hydroxylation is 1. The van der Waals surface area contributed by atoms with E-state index in [1.54, 1.807) is 6.20 Å². The van der Waals surface area contributed by atoms with E-state index in [1.807, 2.05) is 16.8 Å². The van der Waals surface area contributed by atoms with Crippen LogP contribution in [0.2, 0.25) is 0 Å². The lowest BCUT2D eigenvalue weighted by molar-refractivity contribution is 0.0940. The normalized spacial score (nSPS) is 17.8. The van der Waals surface area contributed by atoms with Crippen LogP contribution in [0.1, 0.15) is 61.1 Å². The van der Waals surface area contributed by atoms with Gasteiger partial charge in [-0.3, -0.25) is 9.69 Å². The van der Waals surface area contributed by atoms with Crippen LogP contribution in [0, 0.1) is 6.92 Å². The minimum atomic E-state index is -0.0185. The minimum absolute atomic E-state index is 0.0185. The van der Waals surface area contributed by atoms with E-state index in [9.17, 15) is 4.79 Å². The molecule has 140 valence electrons. The summed E-state index contributed by atoms with van der Waals surface area (Å²) in [6.07, 6.45) is 4.08. The number of amides is 1. The maximum Gasteiger partial charge on any atom is 0.254 e. The van der Waals surface area contributed by atoms with Gasteiger partial charge >= 0.3 is 0 Å². The van der Waals surface area contributed by atoms with Crippen LogP contribution in [0.5, 0.6) is 0 Å². The number of rotatable bonds is 6. The van der Waals surface area contributed by atoms with Gasteiger partial charge < -0.3 is 5.32 Å². The second-order valence-corrected chi connectivity index (χ2v) is 7.48. The van der Waals surface area contributed by atoms with Crippen LogP contribution in [-0.2, 0) is 0 Å². The van der Waals surface area contributed by atoms with Crippen LogP contribution >= 0.6 is 0 Å². The van der Waals surface area contributed by atoms with Gasteiger partial charge in [0, 0.05) is 12.6 Å². The second-order valence-electron chi connectivity index (χ2n) is 7.48. The Bertz CT molecular complexity index is 748. The lowest BCUT2D eigenvalue weighted by Gasteiger charge is -2.23. The number of nitrogens with one attached hydrogen (secondary N) is 1. The van der Waals surface area contributed by atoms with Crippen molar-refractivity contribution in [1.29, 1.82) is 0 Å². The molecule has 1 N–H and O–H groups in total. The average molecular weight is 354 g/mol. The maximum absolute atomic E-state index is 12.8. The zero-order chi connectivity index (χ0) is 18.7. The van der Waals surface area contributed by atoms with E-state index in [1.165, 1.54) is 12.0 Å². The maximum atomic E-state index is 12.8. The summed E-state index contributed by atoms with van der Waals surface area (Å²) in [5.74, 6) is 0.188. The largest absolute Gasteiger partial charge is 0.350 e. The van der Waals surface area contributed by atoms with Crippen molar-refractivity contribution in [3.05, 3.63) is 47.3 Å². The Morgan fingerprint density at radius 2 is 2.04 bits per heavy atom. The van der Waals surface area contributed by atoms with Crippen LogP contribution in [0.25, 0.3) is 5.69 Å². The number of hydrogen-bond donors (Lipinski definition) is 1. The van der Waals surface area contributed by atoms with E-state index in [-0.39, 0.29) is 11.8 Å². The molecular weight excluding hydrogens is 324 g/mol. The van der Waals surface area contributed by atoms with Crippen molar-refractivity contribution in [3.63, 3.8) is 0 Å². The van der Waals surface area contributed by atoms with Gasteiger partial charge in [0.1, 0.15) is 0 Å². The molecule has 1 saturated heterocycles. The number of carbonyl (C=O) groups excluding carboxylic acids is 1. The van der Waals surface area contributed by atoms with E-state index >= 15 is 0 Å². The molecule has 1 aromatic carbocycles. The SMILES string of the molecule is CCN1CCCC1CNC(=O)c1cnn(-c2ccc(C)cc2)c1C(C)C. The molecule has 26 heavy (non-hydrogen) atoms. The van der Waals surface area contributed by atoms with Crippen LogP contribution in [-0.4, -0.2) is 46.3 Å². The Morgan fingerprint density at radius 3 is 2.69 bits per heavy atom. The topological polar surface area (TPSA) is 50.2 Å². The fraction of sp³-hybridized carbons (Fsp3) is 0.524. The van der Waals surface area contributed by atoms with E-state index in [0.29, 0.717) is 18.2 Å². The number of nitrogens with zero attached hydrogens (tertiary/aromatic N) is 3. The molecule has 2 heterocycles. The van der Waals surface area contributed by atoms with Gasteiger partial charge in [0.2, 0.25) is 0 Å². The van der Waals surface area contributed by atoms with Crippen molar-refractivity contribution in [2.45, 2.75) is 52.5 Å². The third-order valence-corrected chi connectivity index (χ3v) is 5.28. The standard InChI is InChI=1S/C21H30N4O/c1-5-24-12-6-7-18(24)13-22-21(26)19-14-23-25(20(19)15(2)3)17-10-8-16(4)9-11-17/h8-11,14-15,18H,5-7,12-13H2,1-4H3,(H,22,26). The minimum Gasteiger partial charge on any atom is -0.350 e. The first-order chi connectivity index (χ1) is 12.5. The number of benzene rings is 1. The molecular formula is C21H30N4O. The Hall–Kier alpha value is -2.14. The first-order valence-electron chi connectivity index (χ1n) is 9.68. The zero-order valence-corrected chi connectivity index (χ0v) is 16.3. The van der Waals surface area contributed by atoms with Crippen molar-refractivity contribution < 1.29 is 4.79 Å². The predicted octanol–water partition coefficient (Wildman–Crippen LogP) is 3.52. The molecule has 5 nitrogen and oxygen atoms in total. The fourth-order valence-electron chi connectivity index (χ4n) is 3.83. The second kappa shape index (κ2) is 8.04. The van der Waals surface area contributed by atoms with Gasteiger partial charge in [-0.1, -0.05) is 38.5 Å². The van der Waals surface area contributed by atoms with Crippen molar-refractivity contribution in [2.24, 2.45) is 0 Å². The highest BCUT2D eigenvalue weighted by molar-refractivity contribution is 5.95. The molecule has 0 radical (unpaired) electrons. The molecule has 3 rings (SSSR count). The van der Waals surface area contributed by atoms with Crippen molar-refractivity contribution >= 4 is 5.91 Å². The molecule has 2 aromatic rings. The molecule has 1 atom stereocenters. The van der Waals surface area contributed by atoms with Crippen molar-refractivity contribution in [2.75, 3.05) is 19.6 Å². The lowest BCUT2D eigenvalue weighted by Crippen LogP contribution is -2.40. The highest BCUT2D eigenvalue weighted by Gasteiger charge is 2.25. The summed E-state index contributed by atoms with van der Waals surface area (Å²) in [5, 5.41) is 7.66. The van der Waals surface area contributed by atoms with E-state index in [0.717, 1.165) is 30.9 Å². The summed E-state index contributed by atoms with van der Waals surface area (Å²) in [5.41, 5.74) is 3.85. The summed E-state index contributed by atoms with van der Waals surface area (Å²) < 4.78 is 1.90. The zero-order valence-electron chi connectivity index (χ0n) is 16.3. The molecule has 0 spiro atoms. The van der Waals surface area contributed by atoms with Crippen molar-refractivity contribution in [1.82, 2.24) is 20.0 Å². The summed E-state index contributed by atoms with van der Waals surface area (Å²) in [6.45, 7) is 11.4. The highest BCUT2D eigenvalue weighted by atomic mass is 16.1. The van der Waals surface area contributed by atoms with E-state index in [4.69, 9.17) is 0 Å². The smallest absolute Gasteiger partial charge is 0.254 e. The van der Waals surface area contributed by atoms with Gasteiger partial charge in [-0.15, -0.1) is 0 Å². The molecule has 1 aromatic heterocycles. The summed E-state index contributed by atoms with van der Waals surface area (Å²) in [4.78, 5) is 15.3. The summed E-state index contributed by atoms with van der Waals surface area (Å²) >= 11 is 0. The molecule has 0 aliphatic carbocycles. The number of likely N-dealkylation sites (tertiary alicyclic amines) is 1. The first kappa shape index (κ1) is 18.6. The van der Waals surface area contributed by atoms with E-state index < -0.39 is 0 Å². The Balaban J connectivity index is 1.79. The van der Waals surface area contributed by atoms with Gasteiger partial charge in [0.25, 0.3) is 5.91 Å². The van der Waals surface area contributed by atoms with E-state index in [2.05, 4.69) is 55.1 Å². The van der Waals surface area contributed by atoms with Crippen LogP contribution in [0.3, 0.4) is 0 Å². The first-order valence-corrected chi connectivity index (χ1v) is 9.68. The monoisotopic (exact) mass is 354 g/mol. The Morgan fingerprint density at radius 1 is 1.31 bits per heavy atom. The van der Waals surface area contributed by atoms with Crippen LogP contribution in [0.15, 0.2) is 30.5 Å². The van der Waals surface area contributed by atoms with Gasteiger partial charge in [0.15, 0.2) is 0 Å².